The molecule has 2 N–H and O–H groups in total. The first-order chi connectivity index (χ1) is 12.1. The average Bonchev–Trinajstić information content (AvgIpc) is 2.58. The van der Waals surface area contributed by atoms with Crippen LogP contribution in [0.5, 0.6) is 0 Å². The molecule has 1 aromatic heterocycles. The van der Waals surface area contributed by atoms with Gasteiger partial charge in [0.05, 0.1) is 0 Å². The number of aromatic nitrogens is 1. The van der Waals surface area contributed by atoms with E-state index in [-0.39, 0.29) is 29.0 Å². The number of halogens is 1. The van der Waals surface area contributed by atoms with Crippen molar-refractivity contribution < 1.29 is 9.18 Å². The maximum Gasteiger partial charge on any atom is 0.268 e. The standard InChI is InChI=1S/C20H17FN2O2/c21-15-7-5-12(6-8-15)14-9-16(10-14)22-20(25)18-11-13-3-1-2-4-17(13)19(24)23-18/h1-8,11,14,16H,9-10H2,(H,22,25)(H,23,24). The molecule has 2 aromatic carbocycles. The van der Waals surface area contributed by atoms with Gasteiger partial charge in [0.15, 0.2) is 0 Å². The van der Waals surface area contributed by atoms with Gasteiger partial charge in [-0.2, -0.15) is 0 Å². The van der Waals surface area contributed by atoms with Gasteiger partial charge in [-0.25, -0.2) is 4.39 Å². The van der Waals surface area contributed by atoms with E-state index in [1.165, 1.54) is 12.1 Å². The highest BCUT2D eigenvalue weighted by Gasteiger charge is 2.31. The van der Waals surface area contributed by atoms with E-state index in [2.05, 4.69) is 10.3 Å². The van der Waals surface area contributed by atoms with Crippen LogP contribution < -0.4 is 10.9 Å². The van der Waals surface area contributed by atoms with E-state index >= 15 is 0 Å². The summed E-state index contributed by atoms with van der Waals surface area (Å²) >= 11 is 0. The van der Waals surface area contributed by atoms with Crippen LogP contribution in [-0.4, -0.2) is 16.9 Å². The molecule has 1 amide bonds. The first-order valence-corrected chi connectivity index (χ1v) is 8.28. The summed E-state index contributed by atoms with van der Waals surface area (Å²) in [5.74, 6) is -0.180. The van der Waals surface area contributed by atoms with Crippen LogP contribution in [0, 0.1) is 5.82 Å². The molecule has 126 valence electrons. The lowest BCUT2D eigenvalue weighted by Gasteiger charge is -2.36. The molecule has 0 atom stereocenters. The second kappa shape index (κ2) is 6.16. The third-order valence-corrected chi connectivity index (χ3v) is 4.81. The lowest BCUT2D eigenvalue weighted by molar-refractivity contribution is 0.0904. The number of carbonyl (C=O) groups is 1. The Morgan fingerprint density at radius 1 is 1.08 bits per heavy atom. The lowest BCUT2D eigenvalue weighted by atomic mass is 9.76. The monoisotopic (exact) mass is 336 g/mol. The Balaban J connectivity index is 1.43. The van der Waals surface area contributed by atoms with Crippen LogP contribution in [0.2, 0.25) is 0 Å². The zero-order chi connectivity index (χ0) is 17.4. The molecule has 1 aliphatic carbocycles. The fourth-order valence-electron chi connectivity index (χ4n) is 3.34. The van der Waals surface area contributed by atoms with Gasteiger partial charge in [0, 0.05) is 11.4 Å². The summed E-state index contributed by atoms with van der Waals surface area (Å²) in [6.07, 6.45) is 1.63. The van der Waals surface area contributed by atoms with Crippen LogP contribution in [0.15, 0.2) is 59.4 Å². The highest BCUT2D eigenvalue weighted by atomic mass is 19.1. The van der Waals surface area contributed by atoms with E-state index in [1.54, 1.807) is 30.3 Å². The highest BCUT2D eigenvalue weighted by Crippen LogP contribution is 2.36. The van der Waals surface area contributed by atoms with Crippen LogP contribution in [-0.2, 0) is 0 Å². The SMILES string of the molecule is O=C(NC1CC(c2ccc(F)cc2)C1)c1cc2ccccc2c(=O)[nH]1. The molecule has 0 radical (unpaired) electrons. The number of aromatic amines is 1. The molecule has 3 aromatic rings. The number of pyridine rings is 1. The fourth-order valence-corrected chi connectivity index (χ4v) is 3.34. The van der Waals surface area contributed by atoms with Crippen LogP contribution in [0.1, 0.15) is 34.8 Å². The number of rotatable bonds is 3. The van der Waals surface area contributed by atoms with Crippen molar-refractivity contribution in [1.82, 2.24) is 10.3 Å². The molecule has 0 aliphatic heterocycles. The number of hydrogen-bond donors (Lipinski definition) is 2. The second-order valence-electron chi connectivity index (χ2n) is 6.49. The summed E-state index contributed by atoms with van der Waals surface area (Å²) in [7, 11) is 0. The molecule has 0 spiro atoms. The van der Waals surface area contributed by atoms with Gasteiger partial charge < -0.3 is 10.3 Å². The molecule has 4 nitrogen and oxygen atoms in total. The predicted molar refractivity (Wildman–Crippen MR) is 94.2 cm³/mol. The van der Waals surface area contributed by atoms with Gasteiger partial charge in [-0.15, -0.1) is 0 Å². The summed E-state index contributed by atoms with van der Waals surface area (Å²) in [6, 6.07) is 15.4. The number of amides is 1. The number of hydrogen-bond acceptors (Lipinski definition) is 2. The summed E-state index contributed by atoms with van der Waals surface area (Å²) in [6.45, 7) is 0. The number of carbonyl (C=O) groups excluding carboxylic acids is 1. The van der Waals surface area contributed by atoms with Gasteiger partial charge in [-0.05, 0) is 54.0 Å². The second-order valence-corrected chi connectivity index (χ2v) is 6.49. The largest absolute Gasteiger partial charge is 0.348 e. The number of benzene rings is 2. The van der Waals surface area contributed by atoms with E-state index in [4.69, 9.17) is 0 Å². The Labute approximate surface area is 143 Å². The highest BCUT2D eigenvalue weighted by molar-refractivity contribution is 5.96. The molecular formula is C20H17FN2O2. The molecule has 0 bridgehead atoms. The minimum atomic E-state index is -0.273. The zero-order valence-corrected chi connectivity index (χ0v) is 13.5. The third kappa shape index (κ3) is 3.05. The van der Waals surface area contributed by atoms with Crippen LogP contribution >= 0.6 is 0 Å². The first kappa shape index (κ1) is 15.6. The number of fused-ring (bicyclic) bond motifs is 1. The van der Waals surface area contributed by atoms with Crippen LogP contribution in [0.4, 0.5) is 4.39 Å². The van der Waals surface area contributed by atoms with Crippen molar-refractivity contribution in [1.29, 1.82) is 0 Å². The van der Waals surface area contributed by atoms with Crippen molar-refractivity contribution in [2.24, 2.45) is 0 Å². The maximum atomic E-state index is 13.0. The number of H-pyrrole nitrogens is 1. The van der Waals surface area contributed by atoms with Crippen molar-refractivity contribution in [3.8, 4) is 0 Å². The third-order valence-electron chi connectivity index (χ3n) is 4.81. The molecule has 1 aliphatic rings. The minimum Gasteiger partial charge on any atom is -0.348 e. The van der Waals surface area contributed by atoms with E-state index in [0.29, 0.717) is 11.3 Å². The van der Waals surface area contributed by atoms with E-state index in [9.17, 15) is 14.0 Å². The smallest absolute Gasteiger partial charge is 0.268 e. The molecule has 1 heterocycles. The van der Waals surface area contributed by atoms with E-state index in [1.807, 2.05) is 12.1 Å². The van der Waals surface area contributed by atoms with Crippen LogP contribution in [0.3, 0.4) is 0 Å². The maximum absolute atomic E-state index is 13.0. The molecule has 0 saturated heterocycles. The normalized spacial score (nSPS) is 19.4. The lowest BCUT2D eigenvalue weighted by Crippen LogP contribution is -2.43. The fraction of sp³-hybridized carbons (Fsp3) is 0.200. The molecule has 4 rings (SSSR count). The molecule has 1 saturated carbocycles. The van der Waals surface area contributed by atoms with Gasteiger partial charge >= 0.3 is 0 Å². The zero-order valence-electron chi connectivity index (χ0n) is 13.5. The summed E-state index contributed by atoms with van der Waals surface area (Å²) in [4.78, 5) is 27.1. The van der Waals surface area contributed by atoms with E-state index < -0.39 is 0 Å². The predicted octanol–water partition coefficient (Wildman–Crippen LogP) is 3.34. The van der Waals surface area contributed by atoms with Gasteiger partial charge in [0.25, 0.3) is 11.5 Å². The van der Waals surface area contributed by atoms with Crippen molar-refractivity contribution in [2.45, 2.75) is 24.8 Å². The molecular weight excluding hydrogens is 319 g/mol. The van der Waals surface area contributed by atoms with Crippen molar-refractivity contribution >= 4 is 16.7 Å². The van der Waals surface area contributed by atoms with Gasteiger partial charge in [0.1, 0.15) is 11.5 Å². The Hall–Kier alpha value is -2.95. The van der Waals surface area contributed by atoms with Crippen LogP contribution in [0.25, 0.3) is 10.8 Å². The average molecular weight is 336 g/mol. The summed E-state index contributed by atoms with van der Waals surface area (Å²) in [5, 5.41) is 4.27. The molecule has 25 heavy (non-hydrogen) atoms. The Kier molecular flexibility index (Phi) is 3.84. The van der Waals surface area contributed by atoms with E-state index in [0.717, 1.165) is 23.8 Å². The van der Waals surface area contributed by atoms with Crippen molar-refractivity contribution in [3.63, 3.8) is 0 Å². The summed E-state index contributed by atoms with van der Waals surface area (Å²) < 4.78 is 13.0. The Bertz CT molecular complexity index is 988. The van der Waals surface area contributed by atoms with Gasteiger partial charge in [0.2, 0.25) is 0 Å². The molecule has 0 unspecified atom stereocenters. The summed E-state index contributed by atoms with van der Waals surface area (Å²) in [5.41, 5.74) is 1.10. The van der Waals surface area contributed by atoms with Gasteiger partial charge in [-0.3, -0.25) is 9.59 Å². The van der Waals surface area contributed by atoms with Crippen molar-refractivity contribution in [3.05, 3.63) is 82.0 Å². The Morgan fingerprint density at radius 3 is 2.56 bits per heavy atom. The quantitative estimate of drug-likeness (QED) is 0.770. The van der Waals surface area contributed by atoms with Crippen molar-refractivity contribution in [2.75, 3.05) is 0 Å². The Morgan fingerprint density at radius 2 is 1.80 bits per heavy atom. The molecule has 5 heteroatoms. The number of nitrogens with one attached hydrogen (secondary N) is 2. The minimum absolute atomic E-state index is 0.0672. The first-order valence-electron chi connectivity index (χ1n) is 8.28. The van der Waals surface area contributed by atoms with Gasteiger partial charge in [-0.1, -0.05) is 30.3 Å². The molecule has 1 fully saturated rings. The topological polar surface area (TPSA) is 62.0 Å².